The van der Waals surface area contributed by atoms with Crippen molar-refractivity contribution in [3.05, 3.63) is 76.6 Å². The van der Waals surface area contributed by atoms with E-state index in [1.165, 1.54) is 18.1 Å². The van der Waals surface area contributed by atoms with E-state index in [0.717, 1.165) is 16.2 Å². The lowest BCUT2D eigenvalue weighted by Crippen LogP contribution is -2.06. The van der Waals surface area contributed by atoms with Gasteiger partial charge in [0.05, 0.1) is 12.0 Å². The van der Waals surface area contributed by atoms with E-state index in [1.807, 2.05) is 54.6 Å². The zero-order valence-corrected chi connectivity index (χ0v) is 14.8. The molecule has 0 saturated carbocycles. The molecular formula is C18H16N4O3S. The zero-order chi connectivity index (χ0) is 18.4. The summed E-state index contributed by atoms with van der Waals surface area (Å²) in [5.74, 6) is 0.947. The van der Waals surface area contributed by atoms with Gasteiger partial charge in [-0.2, -0.15) is 0 Å². The molecule has 3 aromatic rings. The van der Waals surface area contributed by atoms with Crippen LogP contribution in [0.4, 0.5) is 11.5 Å². The number of hydrogen-bond acceptors (Lipinski definition) is 7. The van der Waals surface area contributed by atoms with E-state index in [9.17, 15) is 10.1 Å². The highest BCUT2D eigenvalue weighted by atomic mass is 32.2. The first kappa shape index (κ1) is 17.7. The van der Waals surface area contributed by atoms with Crippen molar-refractivity contribution in [2.24, 2.45) is 0 Å². The molecule has 0 aliphatic rings. The molecule has 0 unspecified atom stereocenters. The number of ether oxygens (including phenoxy) is 1. The summed E-state index contributed by atoms with van der Waals surface area (Å²) >= 11 is 1.23. The molecule has 3 rings (SSSR count). The third-order valence-corrected chi connectivity index (χ3v) is 4.55. The van der Waals surface area contributed by atoms with Gasteiger partial charge in [0.1, 0.15) is 12.1 Å². The second kappa shape index (κ2) is 8.30. The predicted molar refractivity (Wildman–Crippen MR) is 99.6 cm³/mol. The first-order chi connectivity index (χ1) is 12.7. The van der Waals surface area contributed by atoms with Gasteiger partial charge in [-0.05, 0) is 29.8 Å². The molecule has 1 N–H and O–H groups in total. The Morgan fingerprint density at radius 3 is 2.50 bits per heavy atom. The summed E-state index contributed by atoms with van der Waals surface area (Å²) in [5.41, 5.74) is 0.825. The fourth-order valence-electron chi connectivity index (χ4n) is 2.26. The highest BCUT2D eigenvalue weighted by molar-refractivity contribution is 7.99. The second-order valence-corrected chi connectivity index (χ2v) is 6.31. The smallest absolute Gasteiger partial charge is 0.343 e. The van der Waals surface area contributed by atoms with Gasteiger partial charge >= 0.3 is 5.69 Å². The van der Waals surface area contributed by atoms with Gasteiger partial charge in [0.25, 0.3) is 0 Å². The second-order valence-electron chi connectivity index (χ2n) is 5.25. The maximum atomic E-state index is 11.6. The lowest BCUT2D eigenvalue weighted by molar-refractivity contribution is -0.387. The monoisotopic (exact) mass is 368 g/mol. The van der Waals surface area contributed by atoms with Gasteiger partial charge in [-0.25, -0.2) is 9.97 Å². The number of rotatable bonds is 7. The molecule has 0 aliphatic carbocycles. The summed E-state index contributed by atoms with van der Waals surface area (Å²) in [5, 5.41) is 14.9. The predicted octanol–water partition coefficient (Wildman–Crippen LogP) is 4.16. The zero-order valence-electron chi connectivity index (χ0n) is 14.0. The van der Waals surface area contributed by atoms with Gasteiger partial charge < -0.3 is 10.1 Å². The van der Waals surface area contributed by atoms with Crippen molar-refractivity contribution in [2.75, 3.05) is 12.4 Å². The van der Waals surface area contributed by atoms with Crippen LogP contribution in [0, 0.1) is 10.1 Å². The van der Waals surface area contributed by atoms with Crippen LogP contribution in [0.25, 0.3) is 0 Å². The fourth-order valence-corrected chi connectivity index (χ4v) is 3.14. The van der Waals surface area contributed by atoms with Crippen molar-refractivity contribution < 1.29 is 9.66 Å². The van der Waals surface area contributed by atoms with Gasteiger partial charge in [-0.1, -0.05) is 42.1 Å². The van der Waals surface area contributed by atoms with Crippen LogP contribution < -0.4 is 10.1 Å². The largest absolute Gasteiger partial charge is 0.497 e. The van der Waals surface area contributed by atoms with Gasteiger partial charge in [0.15, 0.2) is 5.03 Å². The average molecular weight is 368 g/mol. The summed E-state index contributed by atoms with van der Waals surface area (Å²) in [6.45, 7) is 0.400. The van der Waals surface area contributed by atoms with Crippen LogP contribution in [-0.2, 0) is 6.54 Å². The molecule has 0 atom stereocenters. The Labute approximate surface area is 154 Å². The van der Waals surface area contributed by atoms with Crippen LogP contribution in [0.1, 0.15) is 5.56 Å². The number of nitrogens with one attached hydrogen (secondary N) is 1. The van der Waals surface area contributed by atoms with Crippen LogP contribution >= 0.6 is 11.8 Å². The van der Waals surface area contributed by atoms with Crippen molar-refractivity contribution in [1.82, 2.24) is 9.97 Å². The summed E-state index contributed by atoms with van der Waals surface area (Å²) < 4.78 is 5.12. The number of benzene rings is 2. The fraction of sp³-hybridized carbons (Fsp3) is 0.111. The van der Waals surface area contributed by atoms with E-state index in [1.54, 1.807) is 7.11 Å². The molecule has 1 aromatic heterocycles. The SMILES string of the molecule is COc1ccc(CNc2ncnc(Sc3ccccc3)c2[N+](=O)[O-])cc1. The van der Waals surface area contributed by atoms with Crippen LogP contribution in [0.2, 0.25) is 0 Å². The third kappa shape index (κ3) is 4.28. The summed E-state index contributed by atoms with van der Waals surface area (Å²) in [6.07, 6.45) is 1.33. The topological polar surface area (TPSA) is 90.2 Å². The number of anilines is 1. The number of aromatic nitrogens is 2. The molecule has 26 heavy (non-hydrogen) atoms. The molecule has 0 spiro atoms. The normalized spacial score (nSPS) is 10.3. The number of nitro groups is 1. The first-order valence-electron chi connectivity index (χ1n) is 7.76. The minimum atomic E-state index is -0.457. The maximum Gasteiger partial charge on any atom is 0.343 e. The molecule has 8 heteroatoms. The van der Waals surface area contributed by atoms with E-state index in [4.69, 9.17) is 4.74 Å². The van der Waals surface area contributed by atoms with Crippen LogP contribution in [0.15, 0.2) is 70.8 Å². The van der Waals surface area contributed by atoms with E-state index < -0.39 is 4.92 Å². The molecule has 7 nitrogen and oxygen atoms in total. The number of hydrogen-bond donors (Lipinski definition) is 1. The molecule has 0 fully saturated rings. The lowest BCUT2D eigenvalue weighted by atomic mass is 10.2. The van der Waals surface area contributed by atoms with E-state index in [2.05, 4.69) is 15.3 Å². The molecule has 0 aliphatic heterocycles. The van der Waals surface area contributed by atoms with E-state index >= 15 is 0 Å². The Balaban J connectivity index is 1.82. The average Bonchev–Trinajstić information content (AvgIpc) is 2.67. The molecule has 2 aromatic carbocycles. The highest BCUT2D eigenvalue weighted by Gasteiger charge is 2.23. The Morgan fingerprint density at radius 1 is 1.12 bits per heavy atom. The molecule has 1 heterocycles. The van der Waals surface area contributed by atoms with Crippen LogP contribution in [0.5, 0.6) is 5.75 Å². The van der Waals surface area contributed by atoms with Crippen molar-refractivity contribution in [1.29, 1.82) is 0 Å². The molecule has 0 amide bonds. The molecule has 0 bridgehead atoms. The number of nitrogens with zero attached hydrogens (tertiary/aromatic N) is 3. The molecule has 132 valence electrons. The summed E-state index contributed by atoms with van der Waals surface area (Å²) in [7, 11) is 1.60. The Kier molecular flexibility index (Phi) is 5.65. The summed E-state index contributed by atoms with van der Waals surface area (Å²) in [4.78, 5) is 20.1. The Hall–Kier alpha value is -3.13. The summed E-state index contributed by atoms with van der Waals surface area (Å²) in [6, 6.07) is 16.8. The number of methoxy groups -OCH3 is 1. The van der Waals surface area contributed by atoms with Crippen molar-refractivity contribution >= 4 is 23.3 Å². The minimum absolute atomic E-state index is 0.130. The van der Waals surface area contributed by atoms with Crippen LogP contribution in [0.3, 0.4) is 0 Å². The van der Waals surface area contributed by atoms with Gasteiger partial charge in [-0.3, -0.25) is 10.1 Å². The van der Waals surface area contributed by atoms with Crippen molar-refractivity contribution in [3.63, 3.8) is 0 Å². The quantitative estimate of drug-likeness (QED) is 0.380. The Bertz CT molecular complexity index is 889. The lowest BCUT2D eigenvalue weighted by Gasteiger charge is -2.09. The maximum absolute atomic E-state index is 11.6. The highest BCUT2D eigenvalue weighted by Crippen LogP contribution is 2.36. The minimum Gasteiger partial charge on any atom is -0.497 e. The molecule has 0 saturated heterocycles. The van der Waals surface area contributed by atoms with E-state index in [-0.39, 0.29) is 11.5 Å². The standard InChI is InChI=1S/C18H16N4O3S/c1-25-14-9-7-13(8-10-14)11-19-17-16(22(23)24)18(21-12-20-17)26-15-5-3-2-4-6-15/h2-10,12H,11H2,1H3,(H,19,20,21). The Morgan fingerprint density at radius 2 is 1.85 bits per heavy atom. The first-order valence-corrected chi connectivity index (χ1v) is 8.58. The van der Waals surface area contributed by atoms with Gasteiger partial charge in [-0.15, -0.1) is 0 Å². The van der Waals surface area contributed by atoms with E-state index in [0.29, 0.717) is 11.6 Å². The van der Waals surface area contributed by atoms with Crippen molar-refractivity contribution in [3.8, 4) is 5.75 Å². The molecular weight excluding hydrogens is 352 g/mol. The van der Waals surface area contributed by atoms with Crippen molar-refractivity contribution in [2.45, 2.75) is 16.5 Å². The third-order valence-electron chi connectivity index (χ3n) is 3.55. The molecule has 0 radical (unpaired) electrons. The van der Waals surface area contributed by atoms with Gasteiger partial charge in [0.2, 0.25) is 5.82 Å². The van der Waals surface area contributed by atoms with Crippen LogP contribution in [-0.4, -0.2) is 22.0 Å². The van der Waals surface area contributed by atoms with Gasteiger partial charge in [0, 0.05) is 11.4 Å².